The van der Waals surface area contributed by atoms with Gasteiger partial charge < -0.3 is 5.73 Å². The lowest BCUT2D eigenvalue weighted by molar-refractivity contribution is 0.743. The molecule has 3 heteroatoms. The van der Waals surface area contributed by atoms with E-state index in [1.165, 1.54) is 15.6 Å². The van der Waals surface area contributed by atoms with Crippen LogP contribution < -0.4 is 5.73 Å². The Morgan fingerprint density at radius 1 is 1.50 bits per heavy atom. The van der Waals surface area contributed by atoms with Crippen molar-refractivity contribution in [3.63, 3.8) is 0 Å². The van der Waals surface area contributed by atoms with E-state index in [9.17, 15) is 0 Å². The van der Waals surface area contributed by atoms with Crippen LogP contribution in [0.3, 0.4) is 0 Å². The van der Waals surface area contributed by atoms with E-state index in [0.717, 1.165) is 11.4 Å². The van der Waals surface area contributed by atoms with E-state index in [2.05, 4.69) is 11.4 Å². The lowest BCUT2D eigenvalue weighted by atomic mass is 10.1. The van der Waals surface area contributed by atoms with Gasteiger partial charge in [0.05, 0.1) is 0 Å². The van der Waals surface area contributed by atoms with Gasteiger partial charge >= 0.3 is 0 Å². The molecule has 1 unspecified atom stereocenters. The second kappa shape index (κ2) is 3.89. The third kappa shape index (κ3) is 1.92. The highest BCUT2D eigenvalue weighted by Crippen LogP contribution is 2.29. The molecule has 14 heavy (non-hydrogen) atoms. The van der Waals surface area contributed by atoms with Crippen LogP contribution in [-0.4, -0.2) is 6.04 Å². The molecule has 0 aliphatic heterocycles. The number of fused-ring (bicyclic) bond motifs is 1. The molecule has 74 valence electrons. The normalized spacial score (nSPS) is 13.4. The Morgan fingerprint density at radius 2 is 2.29 bits per heavy atom. The minimum absolute atomic E-state index is 0.212. The molecule has 2 rings (SSSR count). The van der Waals surface area contributed by atoms with Crippen LogP contribution in [0, 0.1) is 0 Å². The Hall–Kier alpha value is -0.570. The molecule has 0 saturated heterocycles. The van der Waals surface area contributed by atoms with Gasteiger partial charge in [-0.3, -0.25) is 0 Å². The molecule has 1 nitrogen and oxygen atoms in total. The monoisotopic (exact) mass is 225 g/mol. The molecular weight excluding hydrogens is 214 g/mol. The number of hydrogen-bond donors (Lipinski definition) is 1. The molecule has 1 atom stereocenters. The van der Waals surface area contributed by atoms with Gasteiger partial charge in [0.25, 0.3) is 0 Å². The maximum atomic E-state index is 5.92. The molecule has 1 heterocycles. The molecule has 0 amide bonds. The van der Waals surface area contributed by atoms with Crippen LogP contribution in [0.4, 0.5) is 0 Å². The van der Waals surface area contributed by atoms with Crippen molar-refractivity contribution in [2.75, 3.05) is 0 Å². The van der Waals surface area contributed by atoms with Crippen molar-refractivity contribution in [2.24, 2.45) is 5.73 Å². The van der Waals surface area contributed by atoms with E-state index in [0.29, 0.717) is 0 Å². The molecule has 2 N–H and O–H groups in total. The molecule has 0 fully saturated rings. The van der Waals surface area contributed by atoms with Crippen molar-refractivity contribution in [1.29, 1.82) is 0 Å². The van der Waals surface area contributed by atoms with Gasteiger partial charge in [0.1, 0.15) is 0 Å². The summed E-state index contributed by atoms with van der Waals surface area (Å²) < 4.78 is 1.24. The summed E-state index contributed by atoms with van der Waals surface area (Å²) >= 11 is 7.65. The summed E-state index contributed by atoms with van der Waals surface area (Å²) in [6.45, 7) is 2.03. The highest BCUT2D eigenvalue weighted by Gasteiger charge is 2.05. The quantitative estimate of drug-likeness (QED) is 0.833. The fraction of sp³-hybridized carbons (Fsp3) is 0.273. The average Bonchev–Trinajstić information content (AvgIpc) is 2.47. The van der Waals surface area contributed by atoms with Crippen LogP contribution in [-0.2, 0) is 6.42 Å². The Kier molecular flexibility index (Phi) is 2.77. The van der Waals surface area contributed by atoms with E-state index >= 15 is 0 Å². The van der Waals surface area contributed by atoms with E-state index in [4.69, 9.17) is 17.3 Å². The van der Waals surface area contributed by atoms with Crippen LogP contribution in [0.2, 0.25) is 5.02 Å². The number of thiophene rings is 1. The molecule has 0 radical (unpaired) electrons. The zero-order valence-electron chi connectivity index (χ0n) is 7.96. The first-order valence-corrected chi connectivity index (χ1v) is 5.84. The van der Waals surface area contributed by atoms with Crippen molar-refractivity contribution in [1.82, 2.24) is 0 Å². The van der Waals surface area contributed by atoms with Crippen LogP contribution in [0.15, 0.2) is 23.6 Å². The van der Waals surface area contributed by atoms with E-state index < -0.39 is 0 Å². The number of halogens is 1. The standard InChI is InChI=1S/C11H12ClNS/c1-7(13)4-8-6-14-11-5-9(12)2-3-10(8)11/h2-3,5-7H,4,13H2,1H3. The first-order valence-electron chi connectivity index (χ1n) is 4.58. The first kappa shape index (κ1) is 9.97. The molecule has 0 bridgehead atoms. The number of rotatable bonds is 2. The van der Waals surface area contributed by atoms with Crippen molar-refractivity contribution < 1.29 is 0 Å². The summed E-state index contributed by atoms with van der Waals surface area (Å²) in [6.07, 6.45) is 0.932. The highest BCUT2D eigenvalue weighted by molar-refractivity contribution is 7.17. The van der Waals surface area contributed by atoms with Gasteiger partial charge in [-0.2, -0.15) is 0 Å². The number of hydrogen-bond acceptors (Lipinski definition) is 2. The molecule has 1 aromatic heterocycles. The van der Waals surface area contributed by atoms with Gasteiger partial charge in [0, 0.05) is 15.8 Å². The molecule has 0 aliphatic rings. The van der Waals surface area contributed by atoms with Crippen molar-refractivity contribution >= 4 is 33.0 Å². The average molecular weight is 226 g/mol. The summed E-state index contributed by atoms with van der Waals surface area (Å²) in [5.74, 6) is 0. The topological polar surface area (TPSA) is 26.0 Å². The Morgan fingerprint density at radius 3 is 3.00 bits per heavy atom. The molecule has 0 spiro atoms. The maximum absolute atomic E-state index is 5.92. The van der Waals surface area contributed by atoms with E-state index in [1.54, 1.807) is 11.3 Å². The van der Waals surface area contributed by atoms with E-state index in [-0.39, 0.29) is 6.04 Å². The summed E-state index contributed by atoms with van der Waals surface area (Å²) in [7, 11) is 0. The molecular formula is C11H12ClNS. The lowest BCUT2D eigenvalue weighted by Gasteiger charge is -2.02. The smallest absolute Gasteiger partial charge is 0.0420 e. The highest BCUT2D eigenvalue weighted by atomic mass is 35.5. The summed E-state index contributed by atoms with van der Waals surface area (Å²) in [4.78, 5) is 0. The molecule has 1 aromatic carbocycles. The SMILES string of the molecule is CC(N)Cc1csc2cc(Cl)ccc12. The minimum atomic E-state index is 0.212. The predicted molar refractivity (Wildman–Crippen MR) is 64.2 cm³/mol. The van der Waals surface area contributed by atoms with Gasteiger partial charge in [0.15, 0.2) is 0 Å². The third-order valence-corrected chi connectivity index (χ3v) is 3.39. The zero-order chi connectivity index (χ0) is 10.1. The Labute approximate surface area is 92.5 Å². The minimum Gasteiger partial charge on any atom is -0.328 e. The predicted octanol–water partition coefficient (Wildman–Crippen LogP) is 3.44. The first-order chi connectivity index (χ1) is 6.66. The summed E-state index contributed by atoms with van der Waals surface area (Å²) in [5.41, 5.74) is 7.11. The maximum Gasteiger partial charge on any atom is 0.0420 e. The molecule has 2 aromatic rings. The Balaban J connectivity index is 2.47. The van der Waals surface area contributed by atoms with Gasteiger partial charge in [-0.1, -0.05) is 17.7 Å². The van der Waals surface area contributed by atoms with Crippen LogP contribution in [0.25, 0.3) is 10.1 Å². The van der Waals surface area contributed by atoms with Crippen LogP contribution >= 0.6 is 22.9 Å². The fourth-order valence-corrected chi connectivity index (χ4v) is 2.81. The molecule has 0 saturated carbocycles. The van der Waals surface area contributed by atoms with Crippen molar-refractivity contribution in [2.45, 2.75) is 19.4 Å². The lowest BCUT2D eigenvalue weighted by Crippen LogP contribution is -2.17. The van der Waals surface area contributed by atoms with Gasteiger partial charge in [-0.25, -0.2) is 0 Å². The van der Waals surface area contributed by atoms with Crippen LogP contribution in [0.5, 0.6) is 0 Å². The van der Waals surface area contributed by atoms with Crippen molar-refractivity contribution in [3.05, 3.63) is 34.2 Å². The Bertz CT molecular complexity index is 447. The fourth-order valence-electron chi connectivity index (χ4n) is 1.56. The second-order valence-electron chi connectivity index (χ2n) is 3.58. The molecule has 0 aliphatic carbocycles. The summed E-state index contributed by atoms with van der Waals surface area (Å²) in [6, 6.07) is 6.22. The zero-order valence-corrected chi connectivity index (χ0v) is 9.53. The van der Waals surface area contributed by atoms with Crippen LogP contribution in [0.1, 0.15) is 12.5 Å². The van der Waals surface area contributed by atoms with Crippen molar-refractivity contribution in [3.8, 4) is 0 Å². The summed E-state index contributed by atoms with van der Waals surface area (Å²) in [5, 5.41) is 4.26. The van der Waals surface area contributed by atoms with E-state index in [1.807, 2.05) is 19.1 Å². The third-order valence-electron chi connectivity index (χ3n) is 2.16. The number of benzene rings is 1. The van der Waals surface area contributed by atoms with Gasteiger partial charge in [-0.15, -0.1) is 11.3 Å². The number of nitrogens with two attached hydrogens (primary N) is 1. The second-order valence-corrected chi connectivity index (χ2v) is 4.93. The van der Waals surface area contributed by atoms with Gasteiger partial charge in [0.2, 0.25) is 0 Å². The van der Waals surface area contributed by atoms with Gasteiger partial charge in [-0.05, 0) is 41.8 Å². The largest absolute Gasteiger partial charge is 0.328 e.